The summed E-state index contributed by atoms with van der Waals surface area (Å²) in [6, 6.07) is 1.82. The van der Waals surface area contributed by atoms with Crippen molar-refractivity contribution in [3.8, 4) is 10.8 Å². The van der Waals surface area contributed by atoms with Crippen LogP contribution in [-0.4, -0.2) is 4.98 Å². The van der Waals surface area contributed by atoms with Crippen LogP contribution in [0.25, 0.3) is 10.8 Å². The molecule has 0 saturated carbocycles. The Kier molecular flexibility index (Phi) is 2.58. The highest BCUT2D eigenvalue weighted by molar-refractivity contribution is 7.14. The molecule has 2 aromatic heterocycles. The molecule has 2 heterocycles. The van der Waals surface area contributed by atoms with Crippen LogP contribution < -0.4 is 0 Å². The Hall–Kier alpha value is -0.510. The van der Waals surface area contributed by atoms with Gasteiger partial charge in [-0.3, -0.25) is 0 Å². The minimum Gasteiger partial charge on any atom is -0.444 e. The fourth-order valence-corrected chi connectivity index (χ4v) is 2.03. The zero-order chi connectivity index (χ0) is 9.26. The number of hydrogen-bond donors (Lipinski definition) is 0. The van der Waals surface area contributed by atoms with Crippen molar-refractivity contribution in [3.63, 3.8) is 0 Å². The highest BCUT2D eigenvalue weighted by Gasteiger charge is 2.07. The van der Waals surface area contributed by atoms with E-state index >= 15 is 0 Å². The summed E-state index contributed by atoms with van der Waals surface area (Å²) in [5.74, 6) is 0.940. The molecule has 0 unspecified atom stereocenters. The lowest BCUT2D eigenvalue weighted by atomic mass is 10.5. The van der Waals surface area contributed by atoms with E-state index < -0.39 is 0 Å². The molecular weight excluding hydrogens is 229 g/mol. The first-order chi connectivity index (χ1) is 6.29. The van der Waals surface area contributed by atoms with Crippen LogP contribution in [0.15, 0.2) is 22.1 Å². The van der Waals surface area contributed by atoms with E-state index in [1.165, 1.54) is 11.3 Å². The summed E-state index contributed by atoms with van der Waals surface area (Å²) >= 11 is 12.8. The van der Waals surface area contributed by atoms with E-state index in [0.717, 1.165) is 10.6 Å². The molecule has 0 radical (unpaired) electrons. The number of oxazole rings is 1. The molecule has 0 fully saturated rings. The number of thiophene rings is 1. The second kappa shape index (κ2) is 3.70. The van der Waals surface area contributed by atoms with Crippen molar-refractivity contribution in [2.45, 2.75) is 5.88 Å². The van der Waals surface area contributed by atoms with E-state index in [1.807, 2.05) is 11.4 Å². The molecule has 0 aliphatic rings. The number of rotatable bonds is 2. The predicted octanol–water partition coefficient (Wildman–Crippen LogP) is 3.80. The topological polar surface area (TPSA) is 26.0 Å². The maximum Gasteiger partial charge on any atom is 0.236 e. The molecule has 68 valence electrons. The lowest BCUT2D eigenvalue weighted by molar-refractivity contribution is 0.575. The molecule has 0 bridgehead atoms. The van der Waals surface area contributed by atoms with Gasteiger partial charge in [-0.15, -0.1) is 22.9 Å². The first-order valence-corrected chi connectivity index (χ1v) is 5.33. The lowest BCUT2D eigenvalue weighted by Crippen LogP contribution is -1.75. The lowest BCUT2D eigenvalue weighted by Gasteiger charge is -1.84. The molecule has 0 aliphatic carbocycles. The normalized spacial score (nSPS) is 10.6. The van der Waals surface area contributed by atoms with Crippen LogP contribution in [0.2, 0.25) is 5.02 Å². The molecule has 2 aromatic rings. The third-order valence-corrected chi connectivity index (χ3v) is 3.01. The van der Waals surface area contributed by atoms with Gasteiger partial charge < -0.3 is 4.42 Å². The first kappa shape index (κ1) is 9.06. The van der Waals surface area contributed by atoms with Gasteiger partial charge in [0.15, 0.2) is 0 Å². The Morgan fingerprint density at radius 2 is 2.38 bits per heavy atom. The molecule has 2 nitrogen and oxygen atoms in total. The first-order valence-electron chi connectivity index (χ1n) is 3.54. The molecule has 0 atom stereocenters. The van der Waals surface area contributed by atoms with Crippen molar-refractivity contribution >= 4 is 34.5 Å². The molecule has 0 N–H and O–H groups in total. The van der Waals surface area contributed by atoms with Gasteiger partial charge in [0.1, 0.15) is 6.26 Å². The van der Waals surface area contributed by atoms with Crippen LogP contribution in [0.5, 0.6) is 0 Å². The molecule has 0 saturated heterocycles. The van der Waals surface area contributed by atoms with Crippen molar-refractivity contribution in [1.82, 2.24) is 4.98 Å². The zero-order valence-corrected chi connectivity index (χ0v) is 8.79. The van der Waals surface area contributed by atoms with E-state index in [-0.39, 0.29) is 0 Å². The second-order valence-electron chi connectivity index (χ2n) is 2.41. The van der Waals surface area contributed by atoms with E-state index in [4.69, 9.17) is 27.6 Å². The maximum absolute atomic E-state index is 5.77. The van der Waals surface area contributed by atoms with Gasteiger partial charge in [-0.1, -0.05) is 11.6 Å². The van der Waals surface area contributed by atoms with Gasteiger partial charge in [0.05, 0.1) is 21.5 Å². The SMILES string of the molecule is ClCc1coc(-c2cc(Cl)cs2)n1. The van der Waals surface area contributed by atoms with Crippen LogP contribution in [-0.2, 0) is 5.88 Å². The standard InChI is InChI=1S/C8H5Cl2NOS/c9-2-6-3-12-8(11-6)7-1-5(10)4-13-7/h1,3-4H,2H2. The van der Waals surface area contributed by atoms with Crippen molar-refractivity contribution in [1.29, 1.82) is 0 Å². The van der Waals surface area contributed by atoms with Crippen molar-refractivity contribution in [3.05, 3.63) is 28.4 Å². The number of halogens is 2. The Morgan fingerprint density at radius 1 is 1.54 bits per heavy atom. The van der Waals surface area contributed by atoms with Gasteiger partial charge >= 0.3 is 0 Å². The predicted molar refractivity (Wildman–Crippen MR) is 54.4 cm³/mol. The van der Waals surface area contributed by atoms with Crippen LogP contribution in [0.1, 0.15) is 5.69 Å². The smallest absolute Gasteiger partial charge is 0.236 e. The largest absolute Gasteiger partial charge is 0.444 e. The molecule has 5 heteroatoms. The highest BCUT2D eigenvalue weighted by atomic mass is 35.5. The zero-order valence-electron chi connectivity index (χ0n) is 6.46. The van der Waals surface area contributed by atoms with Crippen LogP contribution in [0, 0.1) is 0 Å². The van der Waals surface area contributed by atoms with Gasteiger partial charge in [-0.05, 0) is 6.07 Å². The Morgan fingerprint density at radius 3 is 2.92 bits per heavy atom. The highest BCUT2D eigenvalue weighted by Crippen LogP contribution is 2.28. The average Bonchev–Trinajstić information content (AvgIpc) is 2.71. The average molecular weight is 234 g/mol. The molecule has 2 rings (SSSR count). The Bertz CT molecular complexity index is 410. The van der Waals surface area contributed by atoms with Crippen molar-refractivity contribution in [2.75, 3.05) is 0 Å². The number of nitrogens with zero attached hydrogens (tertiary/aromatic N) is 1. The van der Waals surface area contributed by atoms with Gasteiger partial charge in [0, 0.05) is 5.38 Å². The summed E-state index contributed by atoms with van der Waals surface area (Å²) in [6.07, 6.45) is 1.55. The molecule has 0 amide bonds. The Balaban J connectivity index is 2.35. The summed E-state index contributed by atoms with van der Waals surface area (Å²) in [5, 5.41) is 2.53. The monoisotopic (exact) mass is 233 g/mol. The molecule has 0 aliphatic heterocycles. The molecule has 13 heavy (non-hydrogen) atoms. The van der Waals surface area contributed by atoms with Gasteiger partial charge in [-0.25, -0.2) is 4.98 Å². The molecule has 0 aromatic carbocycles. The quantitative estimate of drug-likeness (QED) is 0.738. The van der Waals surface area contributed by atoms with E-state index in [0.29, 0.717) is 16.8 Å². The summed E-state index contributed by atoms with van der Waals surface area (Å²) in [4.78, 5) is 5.08. The Labute approximate surface area is 89.1 Å². The molecule has 0 spiro atoms. The van der Waals surface area contributed by atoms with Crippen LogP contribution in [0.3, 0.4) is 0 Å². The van der Waals surface area contributed by atoms with Crippen molar-refractivity contribution < 1.29 is 4.42 Å². The van der Waals surface area contributed by atoms with E-state index in [1.54, 1.807) is 6.26 Å². The minimum absolute atomic E-state index is 0.364. The van der Waals surface area contributed by atoms with Gasteiger partial charge in [0.2, 0.25) is 5.89 Å². The third-order valence-electron chi connectivity index (χ3n) is 1.47. The molecular formula is C8H5Cl2NOS. The fourth-order valence-electron chi connectivity index (χ4n) is 0.907. The summed E-state index contributed by atoms with van der Waals surface area (Å²) < 4.78 is 5.21. The van der Waals surface area contributed by atoms with Gasteiger partial charge in [-0.2, -0.15) is 0 Å². The van der Waals surface area contributed by atoms with E-state index in [9.17, 15) is 0 Å². The number of aromatic nitrogens is 1. The maximum atomic E-state index is 5.77. The fraction of sp³-hybridized carbons (Fsp3) is 0.125. The summed E-state index contributed by atoms with van der Waals surface area (Å²) in [5.41, 5.74) is 0.737. The summed E-state index contributed by atoms with van der Waals surface area (Å²) in [6.45, 7) is 0. The van der Waals surface area contributed by atoms with Crippen molar-refractivity contribution in [2.24, 2.45) is 0 Å². The third kappa shape index (κ3) is 1.88. The van der Waals surface area contributed by atoms with E-state index in [2.05, 4.69) is 4.98 Å². The van der Waals surface area contributed by atoms with Crippen LogP contribution in [0.4, 0.5) is 0 Å². The minimum atomic E-state index is 0.364. The number of alkyl halides is 1. The van der Waals surface area contributed by atoms with Gasteiger partial charge in [0.25, 0.3) is 0 Å². The van der Waals surface area contributed by atoms with Crippen LogP contribution >= 0.6 is 34.5 Å². The summed E-state index contributed by atoms with van der Waals surface area (Å²) in [7, 11) is 0. The second-order valence-corrected chi connectivity index (χ2v) is 4.02. The number of hydrogen-bond acceptors (Lipinski definition) is 3.